The fourth-order valence-corrected chi connectivity index (χ4v) is 4.46. The van der Waals surface area contributed by atoms with Gasteiger partial charge in [0.2, 0.25) is 0 Å². The Kier molecular flexibility index (Phi) is 6.43. The lowest BCUT2D eigenvalue weighted by atomic mass is 10.1. The molecule has 6 nitrogen and oxygen atoms in total. The highest BCUT2D eigenvalue weighted by atomic mass is 35.5. The number of halogens is 1. The molecule has 0 heterocycles. The summed E-state index contributed by atoms with van der Waals surface area (Å²) in [6.07, 6.45) is 0. The van der Waals surface area contributed by atoms with E-state index >= 15 is 0 Å². The summed E-state index contributed by atoms with van der Waals surface area (Å²) in [5.74, 6) is 2.15. The normalized spacial score (nSPS) is 11.1. The summed E-state index contributed by atoms with van der Waals surface area (Å²) in [6.45, 7) is 3.55. The molecule has 3 rings (SSSR count). The van der Waals surface area contributed by atoms with E-state index in [1.54, 1.807) is 63.6 Å². The van der Waals surface area contributed by atoms with Crippen molar-refractivity contribution >= 4 is 27.3 Å². The van der Waals surface area contributed by atoms with Crippen LogP contribution in [0.15, 0.2) is 59.5 Å². The van der Waals surface area contributed by atoms with E-state index in [1.165, 1.54) is 12.1 Å². The fraction of sp³-hybridized carbons (Fsp3) is 0.182. The van der Waals surface area contributed by atoms with E-state index in [0.717, 1.165) is 5.56 Å². The number of hydrogen-bond donors (Lipinski definition) is 1. The van der Waals surface area contributed by atoms with E-state index in [2.05, 4.69) is 4.72 Å². The first-order chi connectivity index (χ1) is 14.2. The largest absolute Gasteiger partial charge is 0.497 e. The van der Waals surface area contributed by atoms with Crippen molar-refractivity contribution < 1.29 is 22.6 Å². The van der Waals surface area contributed by atoms with E-state index in [1.807, 2.05) is 6.92 Å². The molecule has 3 aromatic rings. The lowest BCUT2D eigenvalue weighted by molar-refractivity contribution is 0.410. The van der Waals surface area contributed by atoms with Crippen molar-refractivity contribution in [2.45, 2.75) is 18.7 Å². The number of methoxy groups -OCH3 is 2. The molecule has 0 aliphatic heterocycles. The van der Waals surface area contributed by atoms with Gasteiger partial charge in [-0.1, -0.05) is 11.6 Å². The lowest BCUT2D eigenvalue weighted by Gasteiger charge is -2.17. The second-order valence-corrected chi connectivity index (χ2v) is 8.63. The minimum atomic E-state index is -3.90. The molecule has 158 valence electrons. The van der Waals surface area contributed by atoms with Crippen LogP contribution in [-0.2, 0) is 10.0 Å². The third kappa shape index (κ3) is 4.63. The highest BCUT2D eigenvalue weighted by Crippen LogP contribution is 2.35. The first-order valence-corrected chi connectivity index (χ1v) is 10.9. The summed E-state index contributed by atoms with van der Waals surface area (Å²) in [4.78, 5) is 0.149. The fourth-order valence-electron chi connectivity index (χ4n) is 2.92. The van der Waals surface area contributed by atoms with Gasteiger partial charge in [0.25, 0.3) is 10.0 Å². The maximum Gasteiger partial charge on any atom is 0.262 e. The average Bonchev–Trinajstić information content (AvgIpc) is 2.72. The van der Waals surface area contributed by atoms with E-state index < -0.39 is 10.0 Å². The molecule has 0 aromatic heterocycles. The van der Waals surface area contributed by atoms with Gasteiger partial charge in [-0.05, 0) is 79.6 Å². The molecular weight excluding hydrogens is 426 g/mol. The maximum absolute atomic E-state index is 13.1. The molecule has 3 aromatic carbocycles. The molecule has 0 aliphatic carbocycles. The Hall–Kier alpha value is -2.90. The predicted octanol–water partition coefficient (Wildman–Crippen LogP) is 5.57. The van der Waals surface area contributed by atoms with Gasteiger partial charge >= 0.3 is 0 Å². The molecular formula is C22H22ClNO5S. The van der Waals surface area contributed by atoms with Crippen molar-refractivity contribution in [3.05, 3.63) is 70.7 Å². The van der Waals surface area contributed by atoms with E-state index in [9.17, 15) is 8.42 Å². The van der Waals surface area contributed by atoms with Crippen molar-refractivity contribution in [1.29, 1.82) is 0 Å². The van der Waals surface area contributed by atoms with Gasteiger partial charge in [0, 0.05) is 5.02 Å². The van der Waals surface area contributed by atoms with Crippen molar-refractivity contribution in [2.75, 3.05) is 18.9 Å². The Morgan fingerprint density at radius 1 is 0.800 bits per heavy atom. The molecule has 0 aliphatic rings. The SMILES string of the molecule is COc1ccc(Oc2ccc(Cl)cc2NS(=O)(=O)c2ccc(OC)c(C)c2C)cc1. The zero-order chi connectivity index (χ0) is 21.9. The van der Waals surface area contributed by atoms with Gasteiger partial charge in [0.1, 0.15) is 17.2 Å². The van der Waals surface area contributed by atoms with Gasteiger partial charge in [-0.2, -0.15) is 0 Å². The second kappa shape index (κ2) is 8.85. The van der Waals surface area contributed by atoms with Crippen molar-refractivity contribution in [1.82, 2.24) is 0 Å². The Balaban J connectivity index is 1.95. The minimum absolute atomic E-state index is 0.149. The Labute approximate surface area is 181 Å². The predicted molar refractivity (Wildman–Crippen MR) is 118 cm³/mol. The molecule has 8 heteroatoms. The maximum atomic E-state index is 13.1. The molecule has 0 saturated heterocycles. The average molecular weight is 448 g/mol. The van der Waals surface area contributed by atoms with Crippen molar-refractivity contribution in [2.24, 2.45) is 0 Å². The van der Waals surface area contributed by atoms with Crippen LogP contribution in [-0.4, -0.2) is 22.6 Å². The highest BCUT2D eigenvalue weighted by Gasteiger charge is 2.21. The van der Waals surface area contributed by atoms with Crippen LogP contribution in [0.3, 0.4) is 0 Å². The smallest absolute Gasteiger partial charge is 0.262 e. The first-order valence-electron chi connectivity index (χ1n) is 9.03. The van der Waals surface area contributed by atoms with E-state index in [4.69, 9.17) is 25.8 Å². The number of sulfonamides is 1. The molecule has 0 saturated carbocycles. The molecule has 0 unspecified atom stereocenters. The summed E-state index contributed by atoms with van der Waals surface area (Å²) in [7, 11) is -0.779. The van der Waals surface area contributed by atoms with Gasteiger partial charge < -0.3 is 14.2 Å². The monoisotopic (exact) mass is 447 g/mol. The van der Waals surface area contributed by atoms with Gasteiger partial charge in [-0.25, -0.2) is 8.42 Å². The Bertz CT molecular complexity index is 1160. The van der Waals surface area contributed by atoms with Gasteiger partial charge in [0.15, 0.2) is 5.75 Å². The van der Waals surface area contributed by atoms with Crippen LogP contribution >= 0.6 is 11.6 Å². The van der Waals surface area contributed by atoms with Crippen LogP contribution in [0.5, 0.6) is 23.0 Å². The summed E-state index contributed by atoms with van der Waals surface area (Å²) >= 11 is 6.11. The Morgan fingerprint density at radius 2 is 1.43 bits per heavy atom. The number of hydrogen-bond acceptors (Lipinski definition) is 5. The van der Waals surface area contributed by atoms with Crippen LogP contribution in [0.25, 0.3) is 0 Å². The third-order valence-corrected chi connectivity index (χ3v) is 6.42. The van der Waals surface area contributed by atoms with Crippen molar-refractivity contribution in [3.8, 4) is 23.0 Å². The number of ether oxygens (including phenoxy) is 3. The topological polar surface area (TPSA) is 73.9 Å². The van der Waals surface area contributed by atoms with Crippen LogP contribution in [0, 0.1) is 13.8 Å². The Morgan fingerprint density at radius 3 is 2.07 bits per heavy atom. The number of benzene rings is 3. The number of nitrogens with one attached hydrogen (secondary N) is 1. The van der Waals surface area contributed by atoms with Gasteiger partial charge in [-0.3, -0.25) is 4.72 Å². The van der Waals surface area contributed by atoms with Crippen LogP contribution in [0.1, 0.15) is 11.1 Å². The summed E-state index contributed by atoms with van der Waals surface area (Å²) in [5.41, 5.74) is 1.58. The molecule has 0 atom stereocenters. The molecule has 0 radical (unpaired) electrons. The van der Waals surface area contributed by atoms with Crippen LogP contribution in [0.4, 0.5) is 5.69 Å². The molecule has 1 N–H and O–H groups in total. The lowest BCUT2D eigenvalue weighted by Crippen LogP contribution is -2.15. The summed E-state index contributed by atoms with van der Waals surface area (Å²) < 4.78 is 45.1. The number of anilines is 1. The third-order valence-electron chi connectivity index (χ3n) is 4.67. The minimum Gasteiger partial charge on any atom is -0.497 e. The number of rotatable bonds is 7. The first kappa shape index (κ1) is 21.8. The quantitative estimate of drug-likeness (QED) is 0.512. The molecule has 0 bridgehead atoms. The second-order valence-electron chi connectivity index (χ2n) is 6.54. The van der Waals surface area contributed by atoms with E-state index in [0.29, 0.717) is 33.6 Å². The zero-order valence-electron chi connectivity index (χ0n) is 17.0. The molecule has 0 spiro atoms. The summed E-state index contributed by atoms with van der Waals surface area (Å²) in [6, 6.07) is 14.8. The zero-order valence-corrected chi connectivity index (χ0v) is 18.6. The van der Waals surface area contributed by atoms with Gasteiger partial charge in [0.05, 0.1) is 24.8 Å². The highest BCUT2D eigenvalue weighted by molar-refractivity contribution is 7.92. The molecule has 30 heavy (non-hydrogen) atoms. The van der Waals surface area contributed by atoms with Crippen LogP contribution in [0.2, 0.25) is 5.02 Å². The summed E-state index contributed by atoms with van der Waals surface area (Å²) in [5, 5.41) is 0.373. The standard InChI is InChI=1S/C22H22ClNO5S/c1-14-15(2)22(12-11-20(14)28-4)30(25,26)24-19-13-16(23)5-10-21(19)29-18-8-6-17(27-3)7-9-18/h5-13,24H,1-4H3. The van der Waals surface area contributed by atoms with Crippen LogP contribution < -0.4 is 18.9 Å². The van der Waals surface area contributed by atoms with Crippen molar-refractivity contribution in [3.63, 3.8) is 0 Å². The van der Waals surface area contributed by atoms with Gasteiger partial charge in [-0.15, -0.1) is 0 Å². The van der Waals surface area contributed by atoms with E-state index in [-0.39, 0.29) is 10.6 Å². The molecule has 0 amide bonds. The molecule has 0 fully saturated rings.